The Morgan fingerprint density at radius 1 is 1.20 bits per heavy atom. The van der Waals surface area contributed by atoms with Gasteiger partial charge in [-0.2, -0.15) is 13.2 Å². The number of nitrogens with zero attached hydrogens (tertiary/aromatic N) is 1. The van der Waals surface area contributed by atoms with Crippen LogP contribution in [0.4, 0.5) is 13.2 Å². The number of primary amides is 1. The highest BCUT2D eigenvalue weighted by Crippen LogP contribution is 2.54. The van der Waals surface area contributed by atoms with Crippen molar-refractivity contribution in [1.29, 1.82) is 0 Å². The smallest absolute Gasteiger partial charge is 0.417 e. The van der Waals surface area contributed by atoms with Crippen LogP contribution in [-0.2, 0) is 33.5 Å². The van der Waals surface area contributed by atoms with Crippen LogP contribution in [0.2, 0.25) is 0 Å². The number of likely N-dealkylation sites (N-methyl/N-ethyl adjacent to an activating group) is 1. The molecular formula is C27H30F3N3O7. The second-order valence-electron chi connectivity index (χ2n) is 11.7. The average Bonchev–Trinajstić information content (AvgIpc) is 3.56. The number of benzene rings is 1. The summed E-state index contributed by atoms with van der Waals surface area (Å²) < 4.78 is 43.5. The molecule has 1 aromatic rings. The molecule has 216 valence electrons. The Morgan fingerprint density at radius 2 is 1.82 bits per heavy atom. The van der Waals surface area contributed by atoms with E-state index in [2.05, 4.69) is 5.32 Å². The summed E-state index contributed by atoms with van der Waals surface area (Å²) in [6.07, 6.45) is -4.04. The lowest BCUT2D eigenvalue weighted by Crippen LogP contribution is -2.65. The number of aliphatic hydroxyl groups excluding tert-OH is 2. The van der Waals surface area contributed by atoms with Crippen molar-refractivity contribution in [2.45, 2.75) is 62.5 Å². The van der Waals surface area contributed by atoms with Crippen LogP contribution in [0.5, 0.6) is 5.75 Å². The van der Waals surface area contributed by atoms with Crippen LogP contribution in [0.25, 0.3) is 5.76 Å². The van der Waals surface area contributed by atoms with Gasteiger partial charge in [-0.25, -0.2) is 0 Å². The molecule has 0 unspecified atom stereocenters. The van der Waals surface area contributed by atoms with Crippen molar-refractivity contribution in [2.75, 3.05) is 14.1 Å². The molecule has 5 rings (SSSR count). The van der Waals surface area contributed by atoms with Gasteiger partial charge in [-0.05, 0) is 69.8 Å². The molecule has 2 fully saturated rings. The number of fused-ring (bicyclic) bond motifs is 3. The van der Waals surface area contributed by atoms with Gasteiger partial charge in [0, 0.05) is 23.6 Å². The summed E-state index contributed by atoms with van der Waals surface area (Å²) in [4.78, 5) is 40.3. The Balaban J connectivity index is 1.71. The first-order chi connectivity index (χ1) is 18.4. The van der Waals surface area contributed by atoms with Crippen molar-refractivity contribution >= 4 is 23.2 Å². The molecule has 1 aromatic carbocycles. The van der Waals surface area contributed by atoms with Crippen LogP contribution in [0, 0.1) is 11.8 Å². The number of carbonyl (C=O) groups is 3. The van der Waals surface area contributed by atoms with Gasteiger partial charge in [0.2, 0.25) is 5.78 Å². The second-order valence-corrected chi connectivity index (χ2v) is 11.7. The lowest BCUT2D eigenvalue weighted by Gasteiger charge is -2.50. The standard InChI is InChI=1S/C27H30F3N3O7/c1-25(4-5-25)32-9-11-8-14(34)16-12(18(11)27(28,29)30)6-10-7-13-19(33(2)3)21(36)17(24(31)39)23(38)26(13,40)22(37)15(10)20(16)35/h8,10,13,19,32,34-35,38,40H,4-7,9H2,1-3H3,(H2,31,39)/t10-,13-,19-,26-/m0/s1. The van der Waals surface area contributed by atoms with E-state index in [1.54, 1.807) is 0 Å². The number of hydrogen-bond acceptors (Lipinski definition) is 9. The highest BCUT2D eigenvalue weighted by molar-refractivity contribution is 6.24. The van der Waals surface area contributed by atoms with Gasteiger partial charge in [-0.3, -0.25) is 19.3 Å². The molecule has 7 N–H and O–H groups in total. The number of phenolic OH excluding ortho intramolecular Hbond substituents is 1. The fraction of sp³-hybridized carbons (Fsp3) is 0.519. The van der Waals surface area contributed by atoms with Crippen LogP contribution >= 0.6 is 0 Å². The van der Waals surface area contributed by atoms with E-state index in [-0.39, 0.29) is 24.1 Å². The zero-order valence-corrected chi connectivity index (χ0v) is 22.0. The van der Waals surface area contributed by atoms with Crippen molar-refractivity contribution < 1.29 is 48.0 Å². The molecule has 0 saturated heterocycles. The van der Waals surface area contributed by atoms with Crippen LogP contribution in [0.3, 0.4) is 0 Å². The van der Waals surface area contributed by atoms with E-state index >= 15 is 0 Å². The first-order valence-electron chi connectivity index (χ1n) is 12.8. The molecule has 1 amide bonds. The molecule has 0 spiro atoms. The van der Waals surface area contributed by atoms with Crippen LogP contribution in [-0.4, -0.2) is 74.1 Å². The maximum atomic E-state index is 14.5. The number of hydrogen-bond donors (Lipinski definition) is 6. The summed E-state index contributed by atoms with van der Waals surface area (Å²) >= 11 is 0. The number of amides is 1. The predicted molar refractivity (Wildman–Crippen MR) is 134 cm³/mol. The van der Waals surface area contributed by atoms with Gasteiger partial charge in [0.05, 0.1) is 17.2 Å². The molecular weight excluding hydrogens is 535 g/mol. The third-order valence-corrected chi connectivity index (χ3v) is 8.79. The van der Waals surface area contributed by atoms with Gasteiger partial charge in [-0.1, -0.05) is 0 Å². The Bertz CT molecular complexity index is 1430. The number of Topliss-reactive ketones (excluding diaryl/α,β-unsaturated/α-hetero) is 2. The monoisotopic (exact) mass is 565 g/mol. The first kappa shape index (κ1) is 28.1. The number of alkyl halides is 3. The predicted octanol–water partition coefficient (Wildman–Crippen LogP) is 1.62. The number of nitrogens with one attached hydrogen (secondary N) is 1. The topological polar surface area (TPSA) is 173 Å². The van der Waals surface area contributed by atoms with E-state index in [0.717, 1.165) is 18.9 Å². The number of ketones is 2. The number of halogens is 3. The Hall–Kier alpha value is -3.42. The number of aliphatic hydroxyl groups is 3. The minimum absolute atomic E-state index is 0.193. The highest BCUT2D eigenvalue weighted by atomic mass is 19.4. The second kappa shape index (κ2) is 8.79. The molecule has 0 bridgehead atoms. The number of nitrogens with two attached hydrogens (primary N) is 1. The summed E-state index contributed by atoms with van der Waals surface area (Å²) in [6, 6.07) is -0.436. The summed E-state index contributed by atoms with van der Waals surface area (Å²) in [5.74, 6) is -9.01. The summed E-state index contributed by atoms with van der Waals surface area (Å²) in [7, 11) is 2.87. The van der Waals surface area contributed by atoms with E-state index in [4.69, 9.17) is 5.73 Å². The molecule has 10 nitrogen and oxygen atoms in total. The Morgan fingerprint density at radius 3 is 2.35 bits per heavy atom. The van der Waals surface area contributed by atoms with Crippen molar-refractivity contribution in [3.63, 3.8) is 0 Å². The van der Waals surface area contributed by atoms with Gasteiger partial charge >= 0.3 is 6.18 Å². The summed E-state index contributed by atoms with van der Waals surface area (Å²) in [6.45, 7) is 1.68. The number of aromatic hydroxyl groups is 1. The SMILES string of the molecule is CN(C)[C@@H]1C(=O)C(C(N)=O)=C(O)[C@@]2(O)C(=O)C3=C(O)c4c(O)cc(CNC5(C)CC5)c(C(F)(F)F)c4C[C@H]3C[C@@H]12. The van der Waals surface area contributed by atoms with E-state index in [0.29, 0.717) is 0 Å². The number of carbonyl (C=O) groups excluding carboxylic acids is 3. The zero-order chi connectivity index (χ0) is 29.7. The molecule has 4 aliphatic carbocycles. The van der Waals surface area contributed by atoms with E-state index in [1.807, 2.05) is 6.92 Å². The summed E-state index contributed by atoms with van der Waals surface area (Å²) in [5, 5.41) is 47.5. The maximum absolute atomic E-state index is 14.5. The maximum Gasteiger partial charge on any atom is 0.417 e. The number of rotatable bonds is 5. The van der Waals surface area contributed by atoms with Gasteiger partial charge in [0.25, 0.3) is 5.91 Å². The molecule has 0 radical (unpaired) electrons. The molecule has 4 atom stereocenters. The van der Waals surface area contributed by atoms with Crippen LogP contribution in [0.15, 0.2) is 23.0 Å². The molecule has 0 heterocycles. The van der Waals surface area contributed by atoms with Gasteiger partial charge in [-0.15, -0.1) is 0 Å². The molecule has 40 heavy (non-hydrogen) atoms. The molecule has 13 heteroatoms. The largest absolute Gasteiger partial charge is 0.508 e. The number of phenols is 1. The Labute approximate surface area is 227 Å². The fourth-order valence-corrected chi connectivity index (χ4v) is 6.55. The third kappa shape index (κ3) is 3.93. The van der Waals surface area contributed by atoms with Gasteiger partial charge in [0.1, 0.15) is 22.8 Å². The quantitative estimate of drug-likeness (QED) is 0.290. The van der Waals surface area contributed by atoms with Crippen molar-refractivity contribution in [3.05, 3.63) is 45.2 Å². The van der Waals surface area contributed by atoms with Crippen molar-refractivity contribution in [1.82, 2.24) is 10.2 Å². The van der Waals surface area contributed by atoms with Gasteiger partial charge < -0.3 is 31.5 Å². The van der Waals surface area contributed by atoms with Crippen molar-refractivity contribution in [3.8, 4) is 5.75 Å². The fourth-order valence-electron chi connectivity index (χ4n) is 6.55. The van der Waals surface area contributed by atoms with E-state index < -0.39 is 98.7 Å². The lowest BCUT2D eigenvalue weighted by atomic mass is 9.57. The third-order valence-electron chi connectivity index (χ3n) is 8.79. The molecule has 0 aliphatic heterocycles. The molecule has 4 aliphatic rings. The normalized spacial score (nSPS) is 29.4. The van der Waals surface area contributed by atoms with Crippen LogP contribution in [0.1, 0.15) is 48.4 Å². The lowest BCUT2D eigenvalue weighted by molar-refractivity contribution is -0.153. The molecule has 0 aromatic heterocycles. The van der Waals surface area contributed by atoms with E-state index in [1.165, 1.54) is 19.0 Å². The minimum Gasteiger partial charge on any atom is -0.508 e. The van der Waals surface area contributed by atoms with E-state index in [9.17, 15) is 48.0 Å². The molecule has 2 saturated carbocycles. The first-order valence-corrected chi connectivity index (χ1v) is 12.8. The van der Waals surface area contributed by atoms with Crippen molar-refractivity contribution in [2.24, 2.45) is 17.6 Å². The van der Waals surface area contributed by atoms with Crippen LogP contribution < -0.4 is 11.1 Å². The highest BCUT2D eigenvalue weighted by Gasteiger charge is 2.64. The Kier molecular flexibility index (Phi) is 6.18. The summed E-state index contributed by atoms with van der Waals surface area (Å²) in [5.41, 5.74) is -1.63. The van der Waals surface area contributed by atoms with Gasteiger partial charge in [0.15, 0.2) is 11.4 Å². The zero-order valence-electron chi connectivity index (χ0n) is 22.0. The average molecular weight is 566 g/mol. The minimum atomic E-state index is -4.87.